The minimum atomic E-state index is 0.244. The molecule has 1 N–H and O–H groups in total. The standard InChI is InChI=1S/C10H15NO2/c1-2-8-3-4-10(13-8)9-7-12-6-5-11-9/h3-4,9,11H,2,5-7H2,1H3. The number of hydrogen-bond acceptors (Lipinski definition) is 3. The largest absolute Gasteiger partial charge is 0.464 e. The molecule has 0 spiro atoms. The maximum absolute atomic E-state index is 5.63. The summed E-state index contributed by atoms with van der Waals surface area (Å²) in [5.41, 5.74) is 0. The van der Waals surface area contributed by atoms with Crippen molar-refractivity contribution in [2.45, 2.75) is 19.4 Å². The topological polar surface area (TPSA) is 34.4 Å². The van der Waals surface area contributed by atoms with E-state index in [0.717, 1.165) is 37.7 Å². The lowest BCUT2D eigenvalue weighted by atomic mass is 10.2. The molecule has 13 heavy (non-hydrogen) atoms. The highest BCUT2D eigenvalue weighted by atomic mass is 16.5. The van der Waals surface area contributed by atoms with Gasteiger partial charge >= 0.3 is 0 Å². The van der Waals surface area contributed by atoms with Gasteiger partial charge in [-0.05, 0) is 12.1 Å². The molecule has 2 heterocycles. The second-order valence-electron chi connectivity index (χ2n) is 3.24. The lowest BCUT2D eigenvalue weighted by molar-refractivity contribution is 0.0695. The number of morpholine rings is 1. The van der Waals surface area contributed by atoms with Crippen molar-refractivity contribution in [1.29, 1.82) is 0 Å². The second kappa shape index (κ2) is 3.94. The highest BCUT2D eigenvalue weighted by molar-refractivity contribution is 5.11. The number of furan rings is 1. The molecular formula is C10H15NO2. The van der Waals surface area contributed by atoms with Crippen LogP contribution in [-0.2, 0) is 11.2 Å². The first-order chi connectivity index (χ1) is 6.40. The number of hydrogen-bond donors (Lipinski definition) is 1. The van der Waals surface area contributed by atoms with Gasteiger partial charge in [-0.3, -0.25) is 0 Å². The smallest absolute Gasteiger partial charge is 0.123 e. The van der Waals surface area contributed by atoms with Crippen molar-refractivity contribution in [3.8, 4) is 0 Å². The summed E-state index contributed by atoms with van der Waals surface area (Å²) in [5, 5.41) is 3.35. The Labute approximate surface area is 78.1 Å². The fraction of sp³-hybridized carbons (Fsp3) is 0.600. The number of ether oxygens (including phenoxy) is 1. The van der Waals surface area contributed by atoms with Crippen LogP contribution in [0, 0.1) is 0 Å². The van der Waals surface area contributed by atoms with Crippen LogP contribution in [0.4, 0.5) is 0 Å². The van der Waals surface area contributed by atoms with Crippen LogP contribution in [-0.4, -0.2) is 19.8 Å². The Morgan fingerprint density at radius 3 is 3.08 bits per heavy atom. The first kappa shape index (κ1) is 8.78. The molecule has 1 unspecified atom stereocenters. The molecule has 1 aromatic heterocycles. The van der Waals surface area contributed by atoms with Crippen molar-refractivity contribution in [2.24, 2.45) is 0 Å². The molecular weight excluding hydrogens is 166 g/mol. The Hall–Kier alpha value is -0.800. The van der Waals surface area contributed by atoms with Crippen molar-refractivity contribution >= 4 is 0 Å². The quantitative estimate of drug-likeness (QED) is 0.750. The van der Waals surface area contributed by atoms with Gasteiger partial charge in [-0.25, -0.2) is 0 Å². The summed E-state index contributed by atoms with van der Waals surface area (Å²) in [6.45, 7) is 4.52. The van der Waals surface area contributed by atoms with Crippen molar-refractivity contribution < 1.29 is 9.15 Å². The molecule has 0 radical (unpaired) electrons. The van der Waals surface area contributed by atoms with E-state index in [1.165, 1.54) is 0 Å². The average molecular weight is 181 g/mol. The van der Waals surface area contributed by atoms with Crippen LogP contribution in [0.5, 0.6) is 0 Å². The predicted octanol–water partition coefficient (Wildman–Crippen LogP) is 1.50. The van der Waals surface area contributed by atoms with Crippen LogP contribution >= 0.6 is 0 Å². The van der Waals surface area contributed by atoms with Crippen molar-refractivity contribution in [2.75, 3.05) is 19.8 Å². The number of nitrogens with one attached hydrogen (secondary N) is 1. The van der Waals surface area contributed by atoms with Crippen LogP contribution in [0.3, 0.4) is 0 Å². The third-order valence-corrected chi connectivity index (χ3v) is 2.30. The molecule has 1 atom stereocenters. The summed E-state index contributed by atoms with van der Waals surface area (Å²) < 4.78 is 11.0. The molecule has 3 heteroatoms. The third-order valence-electron chi connectivity index (χ3n) is 2.30. The van der Waals surface area contributed by atoms with Crippen LogP contribution in [0.25, 0.3) is 0 Å². The molecule has 1 saturated heterocycles. The van der Waals surface area contributed by atoms with Crippen molar-refractivity contribution in [1.82, 2.24) is 5.32 Å². The van der Waals surface area contributed by atoms with Gasteiger partial charge < -0.3 is 14.5 Å². The Balaban J connectivity index is 2.05. The molecule has 0 amide bonds. The summed E-state index contributed by atoms with van der Waals surface area (Å²) in [6.07, 6.45) is 0.952. The fourth-order valence-corrected chi connectivity index (χ4v) is 1.52. The highest BCUT2D eigenvalue weighted by Gasteiger charge is 2.17. The summed E-state index contributed by atoms with van der Waals surface area (Å²) in [6, 6.07) is 4.31. The van der Waals surface area contributed by atoms with Gasteiger partial charge in [0, 0.05) is 13.0 Å². The molecule has 72 valence electrons. The maximum atomic E-state index is 5.63. The molecule has 0 aromatic carbocycles. The molecule has 1 aliphatic rings. The SMILES string of the molecule is CCc1ccc(C2COCCN2)o1. The average Bonchev–Trinajstić information content (AvgIpc) is 2.67. The zero-order valence-electron chi connectivity index (χ0n) is 7.88. The minimum Gasteiger partial charge on any atom is -0.464 e. The first-order valence-corrected chi connectivity index (χ1v) is 4.80. The zero-order valence-corrected chi connectivity index (χ0v) is 7.88. The van der Waals surface area contributed by atoms with Gasteiger partial charge in [0.1, 0.15) is 11.5 Å². The van der Waals surface area contributed by atoms with Crippen molar-refractivity contribution in [3.05, 3.63) is 23.7 Å². The molecule has 1 aromatic rings. The van der Waals surface area contributed by atoms with Gasteiger partial charge in [-0.2, -0.15) is 0 Å². The van der Waals surface area contributed by atoms with Crippen LogP contribution < -0.4 is 5.32 Å². The van der Waals surface area contributed by atoms with Crippen LogP contribution in [0.1, 0.15) is 24.5 Å². The minimum absolute atomic E-state index is 0.244. The lowest BCUT2D eigenvalue weighted by Gasteiger charge is -2.21. The Bertz CT molecular complexity index is 264. The van der Waals surface area contributed by atoms with Crippen LogP contribution in [0.2, 0.25) is 0 Å². The summed E-state index contributed by atoms with van der Waals surface area (Å²) in [7, 11) is 0. The van der Waals surface area contributed by atoms with E-state index >= 15 is 0 Å². The lowest BCUT2D eigenvalue weighted by Crippen LogP contribution is -2.34. The summed E-state index contributed by atoms with van der Waals surface area (Å²) in [4.78, 5) is 0. The van der Waals surface area contributed by atoms with Crippen LogP contribution in [0.15, 0.2) is 16.5 Å². The van der Waals surface area contributed by atoms with E-state index in [9.17, 15) is 0 Å². The van der Waals surface area contributed by atoms with Gasteiger partial charge in [0.05, 0.1) is 19.3 Å². The Morgan fingerprint density at radius 2 is 2.46 bits per heavy atom. The maximum Gasteiger partial charge on any atom is 0.123 e. The predicted molar refractivity (Wildman–Crippen MR) is 49.6 cm³/mol. The third kappa shape index (κ3) is 1.92. The van der Waals surface area contributed by atoms with E-state index < -0.39 is 0 Å². The fourth-order valence-electron chi connectivity index (χ4n) is 1.52. The summed E-state index contributed by atoms with van der Waals surface area (Å²) in [5.74, 6) is 2.04. The van der Waals surface area contributed by atoms with E-state index in [1.54, 1.807) is 0 Å². The number of aryl methyl sites for hydroxylation is 1. The second-order valence-corrected chi connectivity index (χ2v) is 3.24. The Kier molecular flexibility index (Phi) is 2.66. The molecule has 0 saturated carbocycles. The molecule has 1 fully saturated rings. The normalized spacial score (nSPS) is 23.3. The van der Waals surface area contributed by atoms with Gasteiger partial charge in [0.25, 0.3) is 0 Å². The van der Waals surface area contributed by atoms with Gasteiger partial charge in [0.2, 0.25) is 0 Å². The molecule has 1 aliphatic heterocycles. The molecule has 0 aliphatic carbocycles. The van der Waals surface area contributed by atoms with Crippen molar-refractivity contribution in [3.63, 3.8) is 0 Å². The zero-order chi connectivity index (χ0) is 9.10. The van der Waals surface area contributed by atoms with E-state index in [4.69, 9.17) is 9.15 Å². The monoisotopic (exact) mass is 181 g/mol. The summed E-state index contributed by atoms with van der Waals surface area (Å²) >= 11 is 0. The molecule has 0 bridgehead atoms. The number of rotatable bonds is 2. The van der Waals surface area contributed by atoms with E-state index in [1.807, 2.05) is 12.1 Å². The van der Waals surface area contributed by atoms with Gasteiger partial charge in [-0.1, -0.05) is 6.92 Å². The van der Waals surface area contributed by atoms with Gasteiger partial charge in [0.15, 0.2) is 0 Å². The van der Waals surface area contributed by atoms with E-state index in [0.29, 0.717) is 0 Å². The van der Waals surface area contributed by atoms with Gasteiger partial charge in [-0.15, -0.1) is 0 Å². The highest BCUT2D eigenvalue weighted by Crippen LogP contribution is 2.18. The van der Waals surface area contributed by atoms with E-state index in [2.05, 4.69) is 12.2 Å². The van der Waals surface area contributed by atoms with E-state index in [-0.39, 0.29) is 6.04 Å². The first-order valence-electron chi connectivity index (χ1n) is 4.80. The molecule has 2 rings (SSSR count). The Morgan fingerprint density at radius 1 is 1.54 bits per heavy atom. The molecule has 3 nitrogen and oxygen atoms in total.